The maximum absolute atomic E-state index is 11.5. The predicted molar refractivity (Wildman–Crippen MR) is 58.1 cm³/mol. The van der Waals surface area contributed by atoms with Crippen LogP contribution < -0.4 is 0 Å². The van der Waals surface area contributed by atoms with E-state index in [1.165, 1.54) is 0 Å². The van der Waals surface area contributed by atoms with E-state index in [4.69, 9.17) is 5.26 Å². The molecule has 0 aliphatic heterocycles. The fourth-order valence-electron chi connectivity index (χ4n) is 1.23. The minimum atomic E-state index is -3.10. The van der Waals surface area contributed by atoms with E-state index < -0.39 is 9.84 Å². The predicted octanol–water partition coefficient (Wildman–Crippen LogP) is 1.94. The van der Waals surface area contributed by atoms with Crippen LogP contribution in [0.15, 0.2) is 29.2 Å². The van der Waals surface area contributed by atoms with Gasteiger partial charge in [-0.3, -0.25) is 0 Å². The topological polar surface area (TPSA) is 57.9 Å². The zero-order valence-electron chi connectivity index (χ0n) is 8.60. The summed E-state index contributed by atoms with van der Waals surface area (Å²) in [5.74, 6) is 0.116. The molecule has 0 amide bonds. The third-order valence-corrected chi connectivity index (χ3v) is 3.94. The van der Waals surface area contributed by atoms with Crippen molar-refractivity contribution in [2.75, 3.05) is 5.75 Å². The fraction of sp³-hybridized carbons (Fsp3) is 0.364. The monoisotopic (exact) mass is 223 g/mol. The molecule has 0 saturated carbocycles. The molecule has 0 aliphatic rings. The number of aryl methyl sites for hydroxylation is 1. The molecule has 0 spiro atoms. The second-order valence-corrected chi connectivity index (χ2v) is 5.48. The number of sulfone groups is 1. The number of nitrogens with zero attached hydrogens (tertiary/aromatic N) is 1. The van der Waals surface area contributed by atoms with Gasteiger partial charge in [-0.2, -0.15) is 5.26 Å². The molecule has 0 heterocycles. The average Bonchev–Trinajstić information content (AvgIpc) is 2.27. The van der Waals surface area contributed by atoms with Crippen LogP contribution in [-0.4, -0.2) is 14.2 Å². The first-order valence-corrected chi connectivity index (χ1v) is 6.44. The molecule has 80 valence electrons. The molecule has 0 saturated heterocycles. The highest BCUT2D eigenvalue weighted by Gasteiger charge is 2.10. The summed E-state index contributed by atoms with van der Waals surface area (Å²) >= 11 is 0. The standard InChI is InChI=1S/C11H13NO2S/c1-2-15(13,14)11-7-5-10(6-8-11)4-3-9-12/h5-8H,2-4H2,1H3. The van der Waals surface area contributed by atoms with Crippen molar-refractivity contribution in [1.29, 1.82) is 5.26 Å². The van der Waals surface area contributed by atoms with Crippen LogP contribution >= 0.6 is 0 Å². The van der Waals surface area contributed by atoms with Crippen LogP contribution in [0.2, 0.25) is 0 Å². The van der Waals surface area contributed by atoms with E-state index in [0.717, 1.165) is 5.56 Å². The highest BCUT2D eigenvalue weighted by atomic mass is 32.2. The van der Waals surface area contributed by atoms with Crippen LogP contribution in [-0.2, 0) is 16.3 Å². The zero-order chi connectivity index (χ0) is 11.3. The maximum Gasteiger partial charge on any atom is 0.178 e. The van der Waals surface area contributed by atoms with E-state index in [-0.39, 0.29) is 5.75 Å². The molecule has 0 fully saturated rings. The first-order valence-electron chi connectivity index (χ1n) is 4.79. The minimum absolute atomic E-state index is 0.116. The highest BCUT2D eigenvalue weighted by molar-refractivity contribution is 7.91. The minimum Gasteiger partial charge on any atom is -0.224 e. The second-order valence-electron chi connectivity index (χ2n) is 3.21. The van der Waals surface area contributed by atoms with Crippen molar-refractivity contribution >= 4 is 9.84 Å². The number of hydrogen-bond acceptors (Lipinski definition) is 3. The normalized spacial score (nSPS) is 10.9. The molecule has 0 aliphatic carbocycles. The van der Waals surface area contributed by atoms with E-state index in [0.29, 0.717) is 17.7 Å². The second kappa shape index (κ2) is 4.94. The van der Waals surface area contributed by atoms with E-state index in [1.54, 1.807) is 31.2 Å². The van der Waals surface area contributed by atoms with Crippen LogP contribution in [0.1, 0.15) is 18.9 Å². The molecule has 0 atom stereocenters. The van der Waals surface area contributed by atoms with Crippen LogP contribution in [0.25, 0.3) is 0 Å². The average molecular weight is 223 g/mol. The molecule has 0 aromatic heterocycles. The quantitative estimate of drug-likeness (QED) is 0.783. The van der Waals surface area contributed by atoms with Crippen molar-refractivity contribution in [2.45, 2.75) is 24.7 Å². The smallest absolute Gasteiger partial charge is 0.178 e. The Bertz CT molecular complexity index is 454. The summed E-state index contributed by atoms with van der Waals surface area (Å²) in [5.41, 5.74) is 0.992. The van der Waals surface area contributed by atoms with Gasteiger partial charge in [0, 0.05) is 6.42 Å². The third kappa shape index (κ3) is 3.07. The van der Waals surface area contributed by atoms with Gasteiger partial charge in [-0.15, -0.1) is 0 Å². The molecule has 0 N–H and O–H groups in total. The molecular weight excluding hydrogens is 210 g/mol. The summed E-state index contributed by atoms with van der Waals surface area (Å²) in [6.07, 6.45) is 1.13. The van der Waals surface area contributed by atoms with Crippen LogP contribution in [0, 0.1) is 11.3 Å². The lowest BCUT2D eigenvalue weighted by atomic mass is 10.1. The Balaban J connectivity index is 2.87. The van der Waals surface area contributed by atoms with Crippen LogP contribution in [0.4, 0.5) is 0 Å². The molecule has 1 rings (SSSR count). The summed E-state index contributed by atoms with van der Waals surface area (Å²) < 4.78 is 22.9. The largest absolute Gasteiger partial charge is 0.224 e. The number of nitriles is 1. The van der Waals surface area contributed by atoms with Crippen molar-refractivity contribution in [3.63, 3.8) is 0 Å². The van der Waals surface area contributed by atoms with Gasteiger partial charge in [-0.25, -0.2) is 8.42 Å². The Morgan fingerprint density at radius 1 is 1.27 bits per heavy atom. The third-order valence-electron chi connectivity index (χ3n) is 2.19. The van der Waals surface area contributed by atoms with Gasteiger partial charge in [0.1, 0.15) is 0 Å². The first-order chi connectivity index (χ1) is 7.10. The Morgan fingerprint density at radius 3 is 2.33 bits per heavy atom. The molecular formula is C11H13NO2S. The number of hydrogen-bond donors (Lipinski definition) is 0. The summed E-state index contributed by atoms with van der Waals surface area (Å²) in [5, 5.41) is 8.40. The Morgan fingerprint density at radius 2 is 1.87 bits per heavy atom. The number of rotatable bonds is 4. The summed E-state index contributed by atoms with van der Waals surface area (Å²) in [7, 11) is -3.10. The maximum atomic E-state index is 11.5. The molecule has 1 aromatic carbocycles. The van der Waals surface area contributed by atoms with Gasteiger partial charge >= 0.3 is 0 Å². The molecule has 3 nitrogen and oxygen atoms in total. The van der Waals surface area contributed by atoms with Gasteiger partial charge in [-0.05, 0) is 24.1 Å². The lowest BCUT2D eigenvalue weighted by molar-refractivity contribution is 0.597. The Kier molecular flexibility index (Phi) is 3.87. The number of benzene rings is 1. The van der Waals surface area contributed by atoms with E-state index in [2.05, 4.69) is 6.07 Å². The zero-order valence-corrected chi connectivity index (χ0v) is 9.42. The molecule has 15 heavy (non-hydrogen) atoms. The van der Waals surface area contributed by atoms with Gasteiger partial charge in [0.15, 0.2) is 9.84 Å². The Labute approximate surface area is 90.3 Å². The molecule has 0 radical (unpaired) electrons. The molecule has 0 bridgehead atoms. The van der Waals surface area contributed by atoms with Gasteiger partial charge in [-0.1, -0.05) is 19.1 Å². The van der Waals surface area contributed by atoms with Crippen molar-refractivity contribution in [2.24, 2.45) is 0 Å². The van der Waals surface area contributed by atoms with Crippen molar-refractivity contribution in [3.8, 4) is 6.07 Å². The van der Waals surface area contributed by atoms with Crippen molar-refractivity contribution < 1.29 is 8.42 Å². The van der Waals surface area contributed by atoms with Gasteiger partial charge in [0.25, 0.3) is 0 Å². The van der Waals surface area contributed by atoms with Crippen molar-refractivity contribution in [3.05, 3.63) is 29.8 Å². The molecule has 0 unspecified atom stereocenters. The first kappa shape index (κ1) is 11.7. The highest BCUT2D eigenvalue weighted by Crippen LogP contribution is 2.13. The summed E-state index contributed by atoms with van der Waals surface area (Å²) in [6, 6.07) is 8.79. The fourth-order valence-corrected chi connectivity index (χ4v) is 2.11. The van der Waals surface area contributed by atoms with Crippen molar-refractivity contribution in [1.82, 2.24) is 0 Å². The molecule has 1 aromatic rings. The van der Waals surface area contributed by atoms with Gasteiger partial charge in [0.2, 0.25) is 0 Å². The van der Waals surface area contributed by atoms with Gasteiger partial charge < -0.3 is 0 Å². The van der Waals surface area contributed by atoms with E-state index in [1.807, 2.05) is 0 Å². The van der Waals surface area contributed by atoms with E-state index >= 15 is 0 Å². The summed E-state index contributed by atoms with van der Waals surface area (Å²) in [6.45, 7) is 1.62. The lowest BCUT2D eigenvalue weighted by Gasteiger charge is -2.02. The lowest BCUT2D eigenvalue weighted by Crippen LogP contribution is -2.03. The summed E-state index contributed by atoms with van der Waals surface area (Å²) in [4.78, 5) is 0.353. The van der Waals surface area contributed by atoms with Crippen LogP contribution in [0.3, 0.4) is 0 Å². The SMILES string of the molecule is CCS(=O)(=O)c1ccc(CCC#N)cc1. The molecule has 4 heteroatoms. The van der Waals surface area contributed by atoms with Crippen LogP contribution in [0.5, 0.6) is 0 Å². The van der Waals surface area contributed by atoms with E-state index in [9.17, 15) is 8.42 Å². The Hall–Kier alpha value is -1.34. The van der Waals surface area contributed by atoms with Gasteiger partial charge in [0.05, 0.1) is 16.7 Å².